The summed E-state index contributed by atoms with van der Waals surface area (Å²) in [7, 11) is 18.0. The van der Waals surface area contributed by atoms with E-state index in [-0.39, 0.29) is 30.2 Å². The van der Waals surface area contributed by atoms with Gasteiger partial charge in [0.25, 0.3) is 5.92 Å². The molecule has 16 aliphatic rings. The predicted octanol–water partition coefficient (Wildman–Crippen LogP) is 11.6. The van der Waals surface area contributed by atoms with Crippen molar-refractivity contribution in [2.24, 2.45) is 35.5 Å². The summed E-state index contributed by atoms with van der Waals surface area (Å²) in [5.74, 6) is 1.15. The Kier molecular flexibility index (Phi) is 34.7. The molecule has 16 saturated heterocycles. The van der Waals surface area contributed by atoms with E-state index in [9.17, 15) is 50.7 Å². The number of likely N-dealkylation sites (tertiary alicyclic amines) is 15. The molecule has 1 aromatic heterocycles. The summed E-state index contributed by atoms with van der Waals surface area (Å²) >= 11 is 0. The number of carbonyl (C=O) groups excluding carboxylic acids is 6. The van der Waals surface area contributed by atoms with E-state index in [1.165, 1.54) is 154 Å². The van der Waals surface area contributed by atoms with Crippen LogP contribution in [-0.2, 0) is 11.3 Å². The lowest BCUT2D eigenvalue weighted by atomic mass is 9.88. The highest BCUT2D eigenvalue weighted by Gasteiger charge is 2.51. The Labute approximate surface area is 721 Å². The molecule has 0 aliphatic carbocycles. The van der Waals surface area contributed by atoms with Gasteiger partial charge >= 0.3 is 42.4 Å². The zero-order valence-electron chi connectivity index (χ0n) is 75.5. The minimum absolute atomic E-state index is 0.113. The van der Waals surface area contributed by atoms with Crippen LogP contribution in [-0.4, -0.2) is 424 Å². The molecule has 0 N–H and O–H groups in total. The molecule has 16 aliphatic heterocycles. The van der Waals surface area contributed by atoms with E-state index in [2.05, 4.69) is 101 Å². The van der Waals surface area contributed by atoms with Gasteiger partial charge in [0.2, 0.25) is 0 Å². The van der Waals surface area contributed by atoms with E-state index in [0.29, 0.717) is 92.2 Å². The summed E-state index contributed by atoms with van der Waals surface area (Å²) in [6.07, 6.45) is 28.6. The molecule has 686 valence electrons. The van der Waals surface area contributed by atoms with Crippen molar-refractivity contribution in [2.45, 2.75) is 234 Å². The third-order valence-corrected chi connectivity index (χ3v) is 30.4. The normalized spacial score (nSPS) is 28.2. The second-order valence-corrected chi connectivity index (χ2v) is 39.2. The highest BCUT2D eigenvalue weighted by Crippen LogP contribution is 2.40. The molecule has 26 nitrogen and oxygen atoms in total. The molecule has 17 heterocycles. The minimum atomic E-state index is -4.34. The number of rotatable bonds is 10. The molecule has 31 heteroatoms. The highest BCUT2D eigenvalue weighted by molar-refractivity contribution is 5.78. The number of aromatic nitrogens is 1. The first kappa shape index (κ1) is 94.3. The number of ether oxygens (including phenoxy) is 1. The number of piperidine rings is 6. The van der Waals surface area contributed by atoms with E-state index in [1.54, 1.807) is 11.1 Å². The minimum Gasteiger partial charge on any atom is -0.377 e. The molecular formula is C90H154F5N19O7. The summed E-state index contributed by atoms with van der Waals surface area (Å²) in [5, 5.41) is 0. The molecule has 6 atom stereocenters. The second-order valence-electron chi connectivity index (χ2n) is 39.2. The van der Waals surface area contributed by atoms with Crippen LogP contribution in [0.25, 0.3) is 0 Å². The fraction of sp³-hybridized carbons (Fsp3) is 0.878. The molecule has 0 bridgehead atoms. The van der Waals surface area contributed by atoms with Gasteiger partial charge in [0.05, 0.1) is 44.6 Å². The maximum Gasteiger partial charge on any atom is 0.406 e. The highest BCUT2D eigenvalue weighted by atomic mass is 19.4. The van der Waals surface area contributed by atoms with E-state index in [4.69, 9.17) is 4.74 Å². The largest absolute Gasteiger partial charge is 0.406 e. The Bertz CT molecular complexity index is 3350. The van der Waals surface area contributed by atoms with Crippen molar-refractivity contribution >= 4 is 36.2 Å². The van der Waals surface area contributed by atoms with Crippen LogP contribution >= 0.6 is 0 Å². The Balaban J connectivity index is 0.000000133. The lowest BCUT2D eigenvalue weighted by molar-refractivity contribution is -0.138. The summed E-state index contributed by atoms with van der Waals surface area (Å²) in [6, 6.07) is 8.89. The van der Waals surface area contributed by atoms with Gasteiger partial charge < -0.3 is 92.9 Å². The van der Waals surface area contributed by atoms with E-state index in [1.807, 2.05) is 51.9 Å². The Morgan fingerprint density at radius 2 is 0.661 bits per heavy atom. The quantitative estimate of drug-likeness (QED) is 0.202. The van der Waals surface area contributed by atoms with Crippen LogP contribution in [0.1, 0.15) is 179 Å². The number of nitrogens with zero attached hydrogens (tertiary/aromatic N) is 19. The van der Waals surface area contributed by atoms with Gasteiger partial charge in [0, 0.05) is 129 Å². The number of carbonyl (C=O) groups is 6. The van der Waals surface area contributed by atoms with Gasteiger partial charge in [-0.15, -0.1) is 0 Å². The number of pyridine rings is 1. The molecule has 0 saturated carbocycles. The lowest BCUT2D eigenvalue weighted by Crippen LogP contribution is -2.62. The molecule has 0 spiro atoms. The number of alkyl halides is 5. The number of likely N-dealkylation sites (N-methyl/N-ethyl adjacent to an activating group) is 1. The van der Waals surface area contributed by atoms with Crippen molar-refractivity contribution in [1.29, 1.82) is 0 Å². The van der Waals surface area contributed by atoms with E-state index >= 15 is 0 Å². The summed E-state index contributed by atoms with van der Waals surface area (Å²) in [6.45, 7) is 22.7. The van der Waals surface area contributed by atoms with Gasteiger partial charge in [0.1, 0.15) is 6.54 Å². The van der Waals surface area contributed by atoms with Crippen LogP contribution in [0.2, 0.25) is 0 Å². The van der Waals surface area contributed by atoms with E-state index in [0.717, 1.165) is 191 Å². The van der Waals surface area contributed by atoms with Crippen LogP contribution in [0, 0.1) is 35.5 Å². The molecule has 12 amide bonds. The van der Waals surface area contributed by atoms with Gasteiger partial charge in [-0.1, -0.05) is 6.07 Å². The summed E-state index contributed by atoms with van der Waals surface area (Å²) in [5.41, 5.74) is 0.943. The maximum atomic E-state index is 12.9. The van der Waals surface area contributed by atoms with Crippen LogP contribution in [0.5, 0.6) is 0 Å². The Morgan fingerprint density at radius 3 is 0.934 bits per heavy atom. The monoisotopic (exact) mass is 1710 g/mol. The molecular weight excluding hydrogens is 1550 g/mol. The fourth-order valence-electron chi connectivity index (χ4n) is 22.6. The van der Waals surface area contributed by atoms with Crippen molar-refractivity contribution in [2.75, 3.05) is 240 Å². The van der Waals surface area contributed by atoms with Gasteiger partial charge in [-0.3, -0.25) is 4.98 Å². The SMILES string of the molecule is CN1CCC([C@@H]2CCCN2C(=O)N(C)C2COC2)CC1.CN1CCC([C@@H]2CCCN2C(=O)N(C)CC(F)(F)F)CC1.CN1CCC([C@@H]2CCCN2C(=O)N(C)Cc2ccccn2)CC1.CN1CCC([C@@H]2CCCN2C(=O)N2CC(F)(F)C2)CC1.CN1CCC([C@@H]2CCCN2C(=O)N2CCC2)CC1.CN1CCC([C@@H]2CCCN2C(=O)N2CCCC2)CC1. The number of urea groups is 6. The van der Waals surface area contributed by atoms with Crippen LogP contribution in [0.3, 0.4) is 0 Å². The van der Waals surface area contributed by atoms with Crippen molar-refractivity contribution in [3.63, 3.8) is 0 Å². The van der Waals surface area contributed by atoms with Crippen LogP contribution in [0.4, 0.5) is 50.7 Å². The molecule has 0 aromatic carbocycles. The first-order chi connectivity index (χ1) is 58.1. The number of hydrogen-bond acceptors (Lipinski definition) is 14. The molecule has 17 rings (SSSR count). The van der Waals surface area contributed by atoms with Crippen molar-refractivity contribution in [3.05, 3.63) is 30.1 Å². The third kappa shape index (κ3) is 25.7. The summed E-state index contributed by atoms with van der Waals surface area (Å²) in [4.78, 5) is 116. The standard InChI is InChI=1S/C18H28N4O.C15H27N3O2.C15H27N3O.C14H24F3N3O.C14H23F2N3O.C14H25N3O/c1-20-12-8-15(9-13-20)17-7-5-11-22(17)18(23)21(2)14-16-6-3-4-10-19-16;1-16-8-5-12(6-9-16)14-4-3-7-18(14)15(19)17(2)13-10-20-11-13;1-16-11-6-13(7-12-16)14-5-4-10-18(14)15(19)17-8-2-3-9-17;1-18-8-5-11(6-9-18)12-4-3-7-20(12)13(21)19(2)10-14(15,16)17;1-17-7-4-11(5-8-17)12-3-2-6-19(12)13(20)18-9-14(15,16)10-18;1-15-10-5-12(6-11-15)13-4-2-9-17(13)14(18)16-7-3-8-16/h3-4,6,10,15,17H,5,7-9,11-14H2,1-2H3;12-14H,3-11H2,1-2H3;13-14H,2-12H2,1H3;11-12H,3-10H2,1-2H3;11-12H,2-10H2,1H3;12-13H,2-11H2,1H3/t17-;2*14-;2*12-;13-/m000000/s1. The maximum absolute atomic E-state index is 12.9. The molecule has 0 unspecified atom stereocenters. The predicted molar refractivity (Wildman–Crippen MR) is 462 cm³/mol. The van der Waals surface area contributed by atoms with Crippen molar-refractivity contribution < 1.29 is 55.5 Å². The van der Waals surface area contributed by atoms with Gasteiger partial charge in [0.15, 0.2) is 0 Å². The average molecular weight is 1710 g/mol. The third-order valence-electron chi connectivity index (χ3n) is 30.4. The Morgan fingerprint density at radius 1 is 0.372 bits per heavy atom. The second kappa shape index (κ2) is 44.5. The number of hydrogen-bond donors (Lipinski definition) is 0. The van der Waals surface area contributed by atoms with Crippen molar-refractivity contribution in [3.8, 4) is 0 Å². The van der Waals surface area contributed by atoms with Gasteiger partial charge in [-0.05, 0) is 342 Å². The van der Waals surface area contributed by atoms with Crippen molar-refractivity contribution in [1.82, 2.24) is 93.2 Å². The molecule has 1 aromatic rings. The Hall–Kier alpha value is -5.86. The number of amides is 12. The average Bonchev–Trinajstić information content (AvgIpc) is 1.73. The zero-order chi connectivity index (χ0) is 86.1. The smallest absolute Gasteiger partial charge is 0.377 e. The lowest BCUT2D eigenvalue weighted by Gasteiger charge is -2.43. The van der Waals surface area contributed by atoms with Crippen LogP contribution in [0.15, 0.2) is 24.4 Å². The topological polar surface area (TPSA) is 183 Å². The molecule has 16 fully saturated rings. The molecule has 121 heavy (non-hydrogen) atoms. The van der Waals surface area contributed by atoms with E-state index < -0.39 is 37.8 Å². The van der Waals surface area contributed by atoms with Gasteiger partial charge in [-0.25, -0.2) is 37.5 Å². The first-order valence-electron chi connectivity index (χ1n) is 47.3. The van der Waals surface area contributed by atoms with Gasteiger partial charge in [-0.2, -0.15) is 13.2 Å². The zero-order valence-corrected chi connectivity index (χ0v) is 75.5. The fourth-order valence-corrected chi connectivity index (χ4v) is 22.6. The number of halogens is 5. The summed E-state index contributed by atoms with van der Waals surface area (Å²) < 4.78 is 68.3. The molecule has 0 radical (unpaired) electrons. The first-order valence-corrected chi connectivity index (χ1v) is 47.3. The van der Waals surface area contributed by atoms with Crippen LogP contribution < -0.4 is 0 Å².